The highest BCUT2D eigenvalue weighted by atomic mass is 79.9. The number of benzene rings is 1. The van der Waals surface area contributed by atoms with Gasteiger partial charge < -0.3 is 9.84 Å². The van der Waals surface area contributed by atoms with Crippen molar-refractivity contribution in [2.75, 3.05) is 13.7 Å². The van der Waals surface area contributed by atoms with Crippen molar-refractivity contribution in [3.63, 3.8) is 0 Å². The summed E-state index contributed by atoms with van der Waals surface area (Å²) in [4.78, 5) is 0. The molecular formula is C9H11BrO2. The second-order valence-electron chi connectivity index (χ2n) is 2.41. The minimum absolute atomic E-state index is 0.158. The third-order valence-electron chi connectivity index (χ3n) is 1.64. The van der Waals surface area contributed by atoms with Crippen LogP contribution in [0.3, 0.4) is 0 Å². The molecule has 0 amide bonds. The topological polar surface area (TPSA) is 29.5 Å². The fraction of sp³-hybridized carbons (Fsp3) is 0.333. The van der Waals surface area contributed by atoms with E-state index in [2.05, 4.69) is 15.9 Å². The smallest absolute Gasteiger partial charge is 0.133 e. The van der Waals surface area contributed by atoms with Crippen molar-refractivity contribution in [3.8, 4) is 5.75 Å². The molecule has 1 aromatic rings. The van der Waals surface area contributed by atoms with E-state index >= 15 is 0 Å². The zero-order chi connectivity index (χ0) is 8.97. The molecule has 12 heavy (non-hydrogen) atoms. The van der Waals surface area contributed by atoms with E-state index in [9.17, 15) is 0 Å². The SMILES string of the molecule is COc1cccc(CCO)c1Br. The van der Waals surface area contributed by atoms with Gasteiger partial charge in [-0.25, -0.2) is 0 Å². The molecule has 66 valence electrons. The Bertz CT molecular complexity index is 261. The summed E-state index contributed by atoms with van der Waals surface area (Å²) < 4.78 is 6.04. The predicted octanol–water partition coefficient (Wildman–Crippen LogP) is 1.99. The summed E-state index contributed by atoms with van der Waals surface area (Å²) in [7, 11) is 1.63. The Kier molecular flexibility index (Phi) is 3.56. The minimum Gasteiger partial charge on any atom is -0.496 e. The van der Waals surface area contributed by atoms with Gasteiger partial charge in [-0.3, -0.25) is 0 Å². The van der Waals surface area contributed by atoms with Crippen LogP contribution in [0.4, 0.5) is 0 Å². The molecule has 1 N–H and O–H groups in total. The molecule has 0 aliphatic rings. The van der Waals surface area contributed by atoms with E-state index in [0.717, 1.165) is 15.8 Å². The monoisotopic (exact) mass is 230 g/mol. The second kappa shape index (κ2) is 4.48. The Morgan fingerprint density at radius 2 is 2.25 bits per heavy atom. The maximum Gasteiger partial charge on any atom is 0.133 e. The van der Waals surface area contributed by atoms with Crippen LogP contribution in [-0.4, -0.2) is 18.8 Å². The molecule has 0 saturated heterocycles. The van der Waals surface area contributed by atoms with Crippen LogP contribution in [0.5, 0.6) is 5.75 Å². The van der Waals surface area contributed by atoms with Gasteiger partial charge in [0.1, 0.15) is 5.75 Å². The zero-order valence-electron chi connectivity index (χ0n) is 6.88. The van der Waals surface area contributed by atoms with Crippen molar-refractivity contribution in [2.24, 2.45) is 0 Å². The number of methoxy groups -OCH3 is 1. The van der Waals surface area contributed by atoms with Crippen LogP contribution in [0, 0.1) is 0 Å². The van der Waals surface area contributed by atoms with E-state index in [1.165, 1.54) is 0 Å². The first-order valence-electron chi connectivity index (χ1n) is 3.72. The number of rotatable bonds is 3. The van der Waals surface area contributed by atoms with E-state index in [0.29, 0.717) is 6.42 Å². The fourth-order valence-electron chi connectivity index (χ4n) is 1.03. The van der Waals surface area contributed by atoms with Crippen molar-refractivity contribution in [1.29, 1.82) is 0 Å². The summed E-state index contributed by atoms with van der Waals surface area (Å²) in [5.41, 5.74) is 1.07. The van der Waals surface area contributed by atoms with Gasteiger partial charge in [0.05, 0.1) is 11.6 Å². The van der Waals surface area contributed by atoms with Gasteiger partial charge in [-0.05, 0) is 34.0 Å². The molecule has 0 aromatic heterocycles. The van der Waals surface area contributed by atoms with Gasteiger partial charge >= 0.3 is 0 Å². The van der Waals surface area contributed by atoms with Gasteiger partial charge in [-0.1, -0.05) is 12.1 Å². The van der Waals surface area contributed by atoms with Crippen LogP contribution in [0.25, 0.3) is 0 Å². The van der Waals surface area contributed by atoms with E-state index in [-0.39, 0.29) is 6.61 Å². The summed E-state index contributed by atoms with van der Waals surface area (Å²) in [6.45, 7) is 0.158. The Morgan fingerprint density at radius 1 is 1.50 bits per heavy atom. The van der Waals surface area contributed by atoms with Crippen LogP contribution in [0.1, 0.15) is 5.56 Å². The Hall–Kier alpha value is -0.540. The first kappa shape index (κ1) is 9.55. The highest BCUT2D eigenvalue weighted by molar-refractivity contribution is 9.10. The number of aliphatic hydroxyl groups excluding tert-OH is 1. The molecule has 0 radical (unpaired) electrons. The predicted molar refractivity (Wildman–Crippen MR) is 51.5 cm³/mol. The normalized spacial score (nSPS) is 9.92. The third-order valence-corrected chi connectivity index (χ3v) is 2.54. The maximum atomic E-state index is 8.75. The number of halogens is 1. The lowest BCUT2D eigenvalue weighted by Crippen LogP contribution is -1.93. The van der Waals surface area contributed by atoms with Gasteiger partial charge in [0.25, 0.3) is 0 Å². The van der Waals surface area contributed by atoms with Gasteiger partial charge in [0.15, 0.2) is 0 Å². The Balaban J connectivity index is 2.97. The van der Waals surface area contributed by atoms with Crippen LogP contribution >= 0.6 is 15.9 Å². The number of aliphatic hydroxyl groups is 1. The lowest BCUT2D eigenvalue weighted by atomic mass is 10.1. The molecule has 0 unspecified atom stereocenters. The number of hydrogen-bond donors (Lipinski definition) is 1. The van der Waals surface area contributed by atoms with Crippen molar-refractivity contribution in [2.45, 2.75) is 6.42 Å². The molecule has 0 heterocycles. The maximum absolute atomic E-state index is 8.75. The molecule has 0 spiro atoms. The van der Waals surface area contributed by atoms with Gasteiger partial charge in [0.2, 0.25) is 0 Å². The lowest BCUT2D eigenvalue weighted by molar-refractivity contribution is 0.299. The van der Waals surface area contributed by atoms with Crippen molar-refractivity contribution < 1.29 is 9.84 Å². The van der Waals surface area contributed by atoms with Crippen molar-refractivity contribution in [3.05, 3.63) is 28.2 Å². The first-order chi connectivity index (χ1) is 5.79. The molecule has 3 heteroatoms. The highest BCUT2D eigenvalue weighted by Gasteiger charge is 2.03. The van der Waals surface area contributed by atoms with Crippen LogP contribution in [0.15, 0.2) is 22.7 Å². The molecule has 1 rings (SSSR count). The van der Waals surface area contributed by atoms with Crippen LogP contribution < -0.4 is 4.74 Å². The van der Waals surface area contributed by atoms with E-state index in [1.807, 2.05) is 18.2 Å². The second-order valence-corrected chi connectivity index (χ2v) is 3.20. The largest absolute Gasteiger partial charge is 0.496 e. The van der Waals surface area contributed by atoms with Crippen molar-refractivity contribution in [1.82, 2.24) is 0 Å². The van der Waals surface area contributed by atoms with Gasteiger partial charge in [0, 0.05) is 6.61 Å². The van der Waals surface area contributed by atoms with Crippen molar-refractivity contribution >= 4 is 15.9 Å². The van der Waals surface area contributed by atoms with Gasteiger partial charge in [-0.15, -0.1) is 0 Å². The summed E-state index contributed by atoms with van der Waals surface area (Å²) >= 11 is 3.41. The molecule has 0 aliphatic heterocycles. The molecule has 0 atom stereocenters. The van der Waals surface area contributed by atoms with E-state index in [1.54, 1.807) is 7.11 Å². The Labute approximate surface area is 80.3 Å². The van der Waals surface area contributed by atoms with Crippen LogP contribution in [-0.2, 0) is 6.42 Å². The Morgan fingerprint density at radius 3 is 2.83 bits per heavy atom. The molecule has 0 bridgehead atoms. The summed E-state index contributed by atoms with van der Waals surface area (Å²) in [6.07, 6.45) is 0.651. The highest BCUT2D eigenvalue weighted by Crippen LogP contribution is 2.28. The molecule has 2 nitrogen and oxygen atoms in total. The molecule has 1 aromatic carbocycles. The standard InChI is InChI=1S/C9H11BrO2/c1-12-8-4-2-3-7(5-6-11)9(8)10/h2-4,11H,5-6H2,1H3. The first-order valence-corrected chi connectivity index (χ1v) is 4.51. The molecular weight excluding hydrogens is 220 g/mol. The fourth-order valence-corrected chi connectivity index (χ4v) is 1.65. The molecule has 0 fully saturated rings. The van der Waals surface area contributed by atoms with E-state index < -0.39 is 0 Å². The van der Waals surface area contributed by atoms with Gasteiger partial charge in [-0.2, -0.15) is 0 Å². The average molecular weight is 231 g/mol. The number of hydrogen-bond acceptors (Lipinski definition) is 2. The lowest BCUT2D eigenvalue weighted by Gasteiger charge is -2.06. The number of ether oxygens (including phenoxy) is 1. The van der Waals surface area contributed by atoms with E-state index in [4.69, 9.17) is 9.84 Å². The summed E-state index contributed by atoms with van der Waals surface area (Å²) in [6, 6.07) is 5.75. The average Bonchev–Trinajstić information content (AvgIpc) is 2.09. The summed E-state index contributed by atoms with van der Waals surface area (Å²) in [5.74, 6) is 0.806. The third kappa shape index (κ3) is 1.99. The van der Waals surface area contributed by atoms with Crippen LogP contribution in [0.2, 0.25) is 0 Å². The summed E-state index contributed by atoms with van der Waals surface area (Å²) in [5, 5.41) is 8.75. The molecule has 0 saturated carbocycles. The zero-order valence-corrected chi connectivity index (χ0v) is 8.47. The minimum atomic E-state index is 0.158. The quantitative estimate of drug-likeness (QED) is 0.861. The molecule has 0 aliphatic carbocycles.